The third-order valence-electron chi connectivity index (χ3n) is 12.5. The number of ketones is 1. The lowest BCUT2D eigenvalue weighted by atomic mass is 9.88. The number of aliphatic hydroxyl groups excluding tert-OH is 1. The van der Waals surface area contributed by atoms with Crippen molar-refractivity contribution in [3.05, 3.63) is 48.4 Å². The monoisotopic (exact) mass is 1000 g/mol. The van der Waals surface area contributed by atoms with Gasteiger partial charge in [0.1, 0.15) is 0 Å². The highest BCUT2D eigenvalue weighted by molar-refractivity contribution is 6.18. The van der Waals surface area contributed by atoms with Crippen LogP contribution in [0, 0.1) is 11.3 Å². The molecule has 1 aliphatic carbocycles. The number of carbonyl (C=O) groups excluding carboxylic acids is 1. The van der Waals surface area contributed by atoms with Crippen molar-refractivity contribution < 1.29 is 14.6 Å². The van der Waals surface area contributed by atoms with E-state index in [1.807, 2.05) is 20.8 Å². The van der Waals surface area contributed by atoms with E-state index in [1.54, 1.807) is 7.11 Å². The Morgan fingerprint density at radius 3 is 1.28 bits per heavy atom. The first-order valence-corrected chi connectivity index (χ1v) is 31.1. The Labute approximate surface area is 449 Å². The summed E-state index contributed by atoms with van der Waals surface area (Å²) < 4.78 is 4.97. The Bertz CT molecular complexity index is 1070. The average Bonchev–Trinajstić information content (AvgIpc) is 3.34. The summed E-state index contributed by atoms with van der Waals surface area (Å²) in [5, 5.41) is 10.7. The van der Waals surface area contributed by atoms with E-state index in [4.69, 9.17) is 9.84 Å². The highest BCUT2D eigenvalue weighted by atomic mass is 16.5. The molecule has 0 fully saturated rings. The van der Waals surface area contributed by atoms with Crippen LogP contribution in [-0.2, 0) is 9.53 Å². The Kier molecular flexibility index (Phi) is 72.7. The molecule has 5 heteroatoms. The van der Waals surface area contributed by atoms with Gasteiger partial charge in [-0.1, -0.05) is 295 Å². The number of rotatable bonds is 44. The first kappa shape index (κ1) is 78.0. The molecule has 0 aliphatic heterocycles. The minimum Gasteiger partial charge on any atom is -0.516 e. The highest BCUT2D eigenvalue weighted by Crippen LogP contribution is 2.27. The summed E-state index contributed by atoms with van der Waals surface area (Å²) in [6.45, 7) is 40.3. The van der Waals surface area contributed by atoms with Gasteiger partial charge in [-0.3, -0.25) is 4.79 Å². The standard InChI is InChI=1S/C44H82N2O.C10H22O.C5H12.C3H8.C2H4O.C2H6/c1-6-9-12-15-18-19-20-25-30-37-46(39-32-36-45-43-40(4)41(5)44(43)47)38-31-26-21-24-29-35-42(33-27-22-16-13-10-7-2)34-28-23-17-14-11-8-3;1-3-4-5-6-7-8-9-10-11-2;1-5(2,3)4;1-3-2;1-2-3;1-2/h9,12,42,45H,5-8,10-11,13-39H2,1-4H3;3-10H2,1-2H3;1-4H3;3H2,1-2H3;2-3H,1H2;1-2H3/b12-9+;;;;;. The molecule has 5 nitrogen and oxygen atoms in total. The molecule has 0 bridgehead atoms. The van der Waals surface area contributed by atoms with E-state index < -0.39 is 0 Å². The molecule has 0 amide bonds. The van der Waals surface area contributed by atoms with E-state index in [2.05, 4.69) is 105 Å². The second-order valence-corrected chi connectivity index (χ2v) is 21.9. The van der Waals surface area contributed by atoms with Crippen LogP contribution in [0.1, 0.15) is 321 Å². The van der Waals surface area contributed by atoms with Gasteiger partial charge in [0.15, 0.2) is 0 Å². The minimum atomic E-state index is 0.112. The quantitative estimate of drug-likeness (QED) is 0.0276. The second kappa shape index (κ2) is 66.2. The number of ether oxygens (including phenoxy) is 1. The van der Waals surface area contributed by atoms with E-state index in [9.17, 15) is 4.79 Å². The van der Waals surface area contributed by atoms with Crippen molar-refractivity contribution in [2.45, 2.75) is 321 Å². The number of nitrogens with zero attached hydrogens (tertiary/aromatic N) is 1. The summed E-state index contributed by atoms with van der Waals surface area (Å²) in [4.78, 5) is 14.7. The van der Waals surface area contributed by atoms with Crippen molar-refractivity contribution in [3.63, 3.8) is 0 Å². The summed E-state index contributed by atoms with van der Waals surface area (Å²) in [6.07, 6.45) is 55.1. The zero-order chi connectivity index (χ0) is 54.5. The van der Waals surface area contributed by atoms with Gasteiger partial charge in [0.05, 0.1) is 12.0 Å². The number of Topliss-reactive ketones (excluding diaryl/α,β-unsaturated/α-hetero) is 1. The molecule has 1 aliphatic rings. The third kappa shape index (κ3) is 68.2. The van der Waals surface area contributed by atoms with Crippen molar-refractivity contribution >= 4 is 5.78 Å². The molecule has 2 N–H and O–H groups in total. The van der Waals surface area contributed by atoms with Crippen molar-refractivity contribution in [2.75, 3.05) is 39.9 Å². The van der Waals surface area contributed by atoms with Gasteiger partial charge < -0.3 is 20.1 Å². The normalized spacial score (nSPS) is 11.9. The van der Waals surface area contributed by atoms with E-state index in [-0.39, 0.29) is 5.78 Å². The second-order valence-electron chi connectivity index (χ2n) is 21.9. The van der Waals surface area contributed by atoms with Gasteiger partial charge in [0.2, 0.25) is 5.78 Å². The molecule has 1 rings (SSSR count). The van der Waals surface area contributed by atoms with Gasteiger partial charge in [0, 0.05) is 25.8 Å². The minimum absolute atomic E-state index is 0.112. The first-order valence-electron chi connectivity index (χ1n) is 31.1. The fourth-order valence-electron chi connectivity index (χ4n) is 8.42. The fraction of sp³-hybridized carbons (Fsp3) is 0.864. The predicted molar refractivity (Wildman–Crippen MR) is 325 cm³/mol. The number of carbonyl (C=O) groups is 1. The molecular formula is C66H134N2O3. The van der Waals surface area contributed by atoms with Crippen LogP contribution in [0.2, 0.25) is 0 Å². The largest absolute Gasteiger partial charge is 0.516 e. The molecule has 0 saturated carbocycles. The first-order chi connectivity index (χ1) is 34.3. The van der Waals surface area contributed by atoms with Crippen LogP contribution in [-0.4, -0.2) is 55.7 Å². The lowest BCUT2D eigenvalue weighted by Gasteiger charge is -2.25. The van der Waals surface area contributed by atoms with Gasteiger partial charge in [-0.15, -0.1) is 0 Å². The number of allylic oxidation sites excluding steroid dienone is 4. The van der Waals surface area contributed by atoms with Crippen molar-refractivity contribution in [2.24, 2.45) is 11.3 Å². The summed E-state index contributed by atoms with van der Waals surface area (Å²) in [5.41, 5.74) is 3.03. The molecule has 0 heterocycles. The molecule has 0 aromatic carbocycles. The number of hydrogen-bond donors (Lipinski definition) is 2. The lowest BCUT2D eigenvalue weighted by molar-refractivity contribution is -0.113. The van der Waals surface area contributed by atoms with Gasteiger partial charge in [-0.2, -0.15) is 0 Å². The van der Waals surface area contributed by atoms with Crippen molar-refractivity contribution in [1.29, 1.82) is 0 Å². The highest BCUT2D eigenvalue weighted by Gasteiger charge is 2.28. The number of unbranched alkanes of at least 4 members (excludes halogenated alkanes) is 25. The molecule has 0 radical (unpaired) electrons. The summed E-state index contributed by atoms with van der Waals surface area (Å²) >= 11 is 0. The third-order valence-corrected chi connectivity index (χ3v) is 12.5. The maximum Gasteiger partial charge on any atom is 0.208 e. The lowest BCUT2D eigenvalue weighted by Crippen LogP contribution is -2.34. The van der Waals surface area contributed by atoms with Crippen LogP contribution in [0.5, 0.6) is 0 Å². The van der Waals surface area contributed by atoms with Gasteiger partial charge in [-0.05, 0) is 88.4 Å². The molecule has 0 aromatic rings. The van der Waals surface area contributed by atoms with Crippen LogP contribution < -0.4 is 5.32 Å². The molecule has 0 atom stereocenters. The van der Waals surface area contributed by atoms with E-state index >= 15 is 0 Å². The fourth-order valence-corrected chi connectivity index (χ4v) is 8.42. The van der Waals surface area contributed by atoms with Crippen LogP contribution >= 0.6 is 0 Å². The van der Waals surface area contributed by atoms with E-state index in [0.29, 0.717) is 11.0 Å². The molecular weight excluding hydrogens is 869 g/mol. The molecule has 0 aromatic heterocycles. The van der Waals surface area contributed by atoms with Crippen LogP contribution in [0.15, 0.2) is 48.4 Å². The van der Waals surface area contributed by atoms with Crippen molar-refractivity contribution in [3.8, 4) is 0 Å². The van der Waals surface area contributed by atoms with Crippen molar-refractivity contribution in [1.82, 2.24) is 10.2 Å². The van der Waals surface area contributed by atoms with Crippen LogP contribution in [0.4, 0.5) is 0 Å². The van der Waals surface area contributed by atoms with Gasteiger partial charge in [0.25, 0.3) is 0 Å². The predicted octanol–water partition coefficient (Wildman–Crippen LogP) is 22.0. The molecule has 426 valence electrons. The van der Waals surface area contributed by atoms with Gasteiger partial charge >= 0.3 is 0 Å². The maximum absolute atomic E-state index is 12.0. The molecule has 0 saturated heterocycles. The van der Waals surface area contributed by atoms with Gasteiger partial charge in [-0.25, -0.2) is 0 Å². The van der Waals surface area contributed by atoms with Crippen LogP contribution in [0.25, 0.3) is 0 Å². The Morgan fingerprint density at radius 2 is 0.915 bits per heavy atom. The number of methoxy groups -OCH3 is 1. The van der Waals surface area contributed by atoms with E-state index in [0.717, 1.165) is 56.0 Å². The number of hydrogen-bond acceptors (Lipinski definition) is 5. The molecule has 0 unspecified atom stereocenters. The maximum atomic E-state index is 12.0. The molecule has 71 heavy (non-hydrogen) atoms. The van der Waals surface area contributed by atoms with Crippen LogP contribution in [0.3, 0.4) is 0 Å². The summed E-state index contributed by atoms with van der Waals surface area (Å²) in [7, 11) is 1.77. The Hall–Kier alpha value is -1.85. The smallest absolute Gasteiger partial charge is 0.208 e. The zero-order valence-corrected chi connectivity index (χ0v) is 51.4. The SMILES string of the molecule is C=C1C(=O)C(NCCCN(CCCCCCC/C=C/CC)CCCCCCCC(CCCCCCCC)CCCCCCCC)=C1C.C=CO.CC.CC(C)(C)C.CCC.CCCCCCCCCOC. The number of nitrogens with one attached hydrogen (secondary N) is 1. The number of aliphatic hydroxyl groups is 1. The zero-order valence-electron chi connectivity index (χ0n) is 51.4. The summed E-state index contributed by atoms with van der Waals surface area (Å²) in [5.74, 6) is 1.10. The Morgan fingerprint density at radius 1 is 0.577 bits per heavy atom. The summed E-state index contributed by atoms with van der Waals surface area (Å²) in [6, 6.07) is 0. The van der Waals surface area contributed by atoms with E-state index in [1.165, 1.54) is 231 Å². The topological polar surface area (TPSA) is 61.8 Å². The average molecular weight is 1000 g/mol. The Balaban J connectivity index is -0.000000497. The molecule has 0 spiro atoms.